The number of ether oxygens (including phenoxy) is 1. The molecule has 0 amide bonds. The highest BCUT2D eigenvalue weighted by Crippen LogP contribution is 2.38. The van der Waals surface area contributed by atoms with Gasteiger partial charge in [-0.3, -0.25) is 0 Å². The van der Waals surface area contributed by atoms with Crippen molar-refractivity contribution in [3.8, 4) is 11.3 Å². The molecule has 178 valence electrons. The number of nitrogens with zero attached hydrogens (tertiary/aromatic N) is 7. The van der Waals surface area contributed by atoms with Gasteiger partial charge in [0.1, 0.15) is 5.82 Å². The van der Waals surface area contributed by atoms with E-state index in [1.54, 1.807) is 12.4 Å². The van der Waals surface area contributed by atoms with Crippen LogP contribution in [-0.4, -0.2) is 91.2 Å². The standard InChI is InChI=1S/C20H29N9O3S/c1-13-12-32-8-7-28(13)20-25-17(14-9-23-19(21)24-10-14)16-4-6-29(18(16)26-20)15-3-5-27(11-15)33(30,31)22-2/h9-10,13,15,22H,3-8,11-12H2,1-2H3,(H2,21,23,24). The van der Waals surface area contributed by atoms with Gasteiger partial charge in [0.05, 0.1) is 24.9 Å². The summed E-state index contributed by atoms with van der Waals surface area (Å²) in [5, 5.41) is 0. The Morgan fingerprint density at radius 2 is 1.94 bits per heavy atom. The van der Waals surface area contributed by atoms with Gasteiger partial charge in [0.15, 0.2) is 0 Å². The molecule has 2 unspecified atom stereocenters. The quantitative estimate of drug-likeness (QED) is 0.588. The van der Waals surface area contributed by atoms with Gasteiger partial charge in [-0.1, -0.05) is 0 Å². The van der Waals surface area contributed by atoms with Gasteiger partial charge in [-0.25, -0.2) is 19.7 Å². The Kier molecular flexibility index (Phi) is 5.80. The van der Waals surface area contributed by atoms with E-state index in [4.69, 9.17) is 20.4 Å². The molecule has 13 heteroatoms. The van der Waals surface area contributed by atoms with Crippen LogP contribution in [0.25, 0.3) is 11.3 Å². The second-order valence-electron chi connectivity index (χ2n) is 8.57. The Morgan fingerprint density at radius 3 is 2.67 bits per heavy atom. The molecule has 2 aromatic rings. The van der Waals surface area contributed by atoms with E-state index < -0.39 is 10.2 Å². The van der Waals surface area contributed by atoms with Crippen LogP contribution in [0.15, 0.2) is 12.4 Å². The van der Waals surface area contributed by atoms with Crippen LogP contribution in [0.5, 0.6) is 0 Å². The van der Waals surface area contributed by atoms with Crippen LogP contribution in [0.3, 0.4) is 0 Å². The average Bonchev–Trinajstić information content (AvgIpc) is 3.47. The lowest BCUT2D eigenvalue weighted by Gasteiger charge is -2.34. The minimum atomic E-state index is -3.45. The van der Waals surface area contributed by atoms with Crippen molar-refractivity contribution in [1.29, 1.82) is 0 Å². The summed E-state index contributed by atoms with van der Waals surface area (Å²) < 4.78 is 34.1. The van der Waals surface area contributed by atoms with Gasteiger partial charge in [-0.05, 0) is 19.8 Å². The van der Waals surface area contributed by atoms with Gasteiger partial charge in [0.2, 0.25) is 11.9 Å². The summed E-state index contributed by atoms with van der Waals surface area (Å²) in [6.07, 6.45) is 4.89. The van der Waals surface area contributed by atoms with E-state index in [9.17, 15) is 8.42 Å². The van der Waals surface area contributed by atoms with Gasteiger partial charge in [0.25, 0.3) is 10.2 Å². The van der Waals surface area contributed by atoms with Crippen molar-refractivity contribution in [2.24, 2.45) is 0 Å². The van der Waals surface area contributed by atoms with Crippen molar-refractivity contribution in [2.75, 3.05) is 62.0 Å². The maximum absolute atomic E-state index is 12.3. The Morgan fingerprint density at radius 1 is 1.15 bits per heavy atom. The first-order chi connectivity index (χ1) is 15.9. The molecule has 0 aromatic carbocycles. The second kappa shape index (κ2) is 8.63. The van der Waals surface area contributed by atoms with E-state index in [-0.39, 0.29) is 18.0 Å². The van der Waals surface area contributed by atoms with Crippen LogP contribution >= 0.6 is 0 Å². The molecule has 2 aromatic heterocycles. The minimum Gasteiger partial charge on any atom is -0.377 e. The third kappa shape index (κ3) is 4.09. The fraction of sp³-hybridized carbons (Fsp3) is 0.600. The summed E-state index contributed by atoms with van der Waals surface area (Å²) in [6.45, 7) is 5.70. The lowest BCUT2D eigenvalue weighted by Crippen LogP contribution is -2.45. The monoisotopic (exact) mass is 475 g/mol. The molecule has 3 N–H and O–H groups in total. The Hall–Kier alpha value is -2.61. The number of morpholine rings is 1. The fourth-order valence-corrected chi connectivity index (χ4v) is 5.76. The first kappa shape index (κ1) is 22.2. The molecule has 0 bridgehead atoms. The zero-order valence-electron chi connectivity index (χ0n) is 18.8. The number of hydrogen-bond acceptors (Lipinski definition) is 10. The van der Waals surface area contributed by atoms with Gasteiger partial charge < -0.3 is 20.3 Å². The third-order valence-electron chi connectivity index (χ3n) is 6.58. The molecule has 5 rings (SSSR count). The lowest BCUT2D eigenvalue weighted by atomic mass is 10.1. The number of rotatable bonds is 5. The number of fused-ring (bicyclic) bond motifs is 1. The van der Waals surface area contributed by atoms with Crippen LogP contribution in [-0.2, 0) is 21.4 Å². The zero-order chi connectivity index (χ0) is 23.2. The molecule has 3 aliphatic heterocycles. The largest absolute Gasteiger partial charge is 0.377 e. The van der Waals surface area contributed by atoms with Crippen LogP contribution in [0, 0.1) is 0 Å². The van der Waals surface area contributed by atoms with E-state index in [0.29, 0.717) is 38.8 Å². The summed E-state index contributed by atoms with van der Waals surface area (Å²) in [7, 11) is -2.01. The number of aromatic nitrogens is 4. The van der Waals surface area contributed by atoms with Crippen LogP contribution in [0.2, 0.25) is 0 Å². The number of hydrogen-bond donors (Lipinski definition) is 2. The predicted molar refractivity (Wildman–Crippen MR) is 124 cm³/mol. The highest BCUT2D eigenvalue weighted by Gasteiger charge is 2.38. The summed E-state index contributed by atoms with van der Waals surface area (Å²) in [4.78, 5) is 22.7. The molecule has 3 aliphatic rings. The summed E-state index contributed by atoms with van der Waals surface area (Å²) in [6, 6.07) is 0.194. The number of nitrogens with two attached hydrogens (primary N) is 1. The molecular weight excluding hydrogens is 446 g/mol. The summed E-state index contributed by atoms with van der Waals surface area (Å²) in [5.74, 6) is 1.71. The third-order valence-corrected chi connectivity index (χ3v) is 8.11. The molecule has 2 fully saturated rings. The van der Waals surface area contributed by atoms with Crippen LogP contribution in [0.1, 0.15) is 18.9 Å². The first-order valence-corrected chi connectivity index (χ1v) is 12.6. The van der Waals surface area contributed by atoms with Crippen molar-refractivity contribution >= 4 is 27.9 Å². The van der Waals surface area contributed by atoms with Gasteiger partial charge in [-0.2, -0.15) is 17.7 Å². The van der Waals surface area contributed by atoms with E-state index >= 15 is 0 Å². The molecular formula is C20H29N9O3S. The number of nitrogens with one attached hydrogen (secondary N) is 1. The topological polar surface area (TPSA) is 143 Å². The van der Waals surface area contributed by atoms with Gasteiger partial charge >= 0.3 is 0 Å². The maximum Gasteiger partial charge on any atom is 0.279 e. The maximum atomic E-state index is 12.3. The smallest absolute Gasteiger partial charge is 0.279 e. The van der Waals surface area contributed by atoms with Crippen molar-refractivity contribution in [3.05, 3.63) is 18.0 Å². The van der Waals surface area contributed by atoms with Crippen LogP contribution < -0.4 is 20.3 Å². The summed E-state index contributed by atoms with van der Waals surface area (Å²) >= 11 is 0. The van der Waals surface area contributed by atoms with Gasteiger partial charge in [-0.15, -0.1) is 0 Å². The lowest BCUT2D eigenvalue weighted by molar-refractivity contribution is 0.0981. The molecule has 2 atom stereocenters. The minimum absolute atomic E-state index is 0.0507. The zero-order valence-corrected chi connectivity index (χ0v) is 19.6. The Labute approximate surface area is 193 Å². The second-order valence-corrected chi connectivity index (χ2v) is 10.4. The van der Waals surface area contributed by atoms with Crippen molar-refractivity contribution < 1.29 is 13.2 Å². The van der Waals surface area contributed by atoms with E-state index in [0.717, 1.165) is 42.0 Å². The average molecular weight is 476 g/mol. The molecule has 0 saturated carbocycles. The van der Waals surface area contributed by atoms with E-state index in [2.05, 4.69) is 31.4 Å². The molecule has 33 heavy (non-hydrogen) atoms. The van der Waals surface area contributed by atoms with Crippen LogP contribution in [0.4, 0.5) is 17.7 Å². The summed E-state index contributed by atoms with van der Waals surface area (Å²) in [5.41, 5.74) is 8.32. The SMILES string of the molecule is CNS(=O)(=O)N1CCC(N2CCc3c(-c4cnc(N)nc4)nc(N4CCOCC4C)nc32)C1. The molecule has 0 spiro atoms. The number of anilines is 3. The fourth-order valence-electron chi connectivity index (χ4n) is 4.79. The predicted octanol–water partition coefficient (Wildman–Crippen LogP) is -0.358. The molecule has 5 heterocycles. The van der Waals surface area contributed by atoms with Gasteiger partial charge in [0, 0.05) is 62.8 Å². The number of nitrogen functional groups attached to an aromatic ring is 1. The highest BCUT2D eigenvalue weighted by molar-refractivity contribution is 7.87. The Balaban J connectivity index is 1.54. The first-order valence-electron chi connectivity index (χ1n) is 11.2. The van der Waals surface area contributed by atoms with E-state index in [1.165, 1.54) is 11.4 Å². The normalized spacial score (nSPS) is 23.8. The molecule has 0 aliphatic carbocycles. The van der Waals surface area contributed by atoms with Crippen molar-refractivity contribution in [2.45, 2.75) is 31.8 Å². The molecule has 2 saturated heterocycles. The van der Waals surface area contributed by atoms with Crippen molar-refractivity contribution in [1.82, 2.24) is 29.0 Å². The highest BCUT2D eigenvalue weighted by atomic mass is 32.2. The van der Waals surface area contributed by atoms with E-state index in [1.807, 2.05) is 0 Å². The Bertz CT molecular complexity index is 1130. The molecule has 0 radical (unpaired) electrons. The molecule has 12 nitrogen and oxygen atoms in total. The van der Waals surface area contributed by atoms with Crippen molar-refractivity contribution in [3.63, 3.8) is 0 Å².